The summed E-state index contributed by atoms with van der Waals surface area (Å²) < 4.78 is -0.607. The van der Waals surface area contributed by atoms with Crippen LogP contribution in [0.5, 0.6) is 0 Å². The minimum Gasteiger partial charge on any atom is -0.480 e. The molecule has 3 rings (SSSR count). The third-order valence-corrected chi connectivity index (χ3v) is 6.27. The summed E-state index contributed by atoms with van der Waals surface area (Å²) in [6, 6.07) is -2.38. The Kier molecular flexibility index (Phi) is 4.21. The fourth-order valence-electron chi connectivity index (χ4n) is 3.44. The summed E-state index contributed by atoms with van der Waals surface area (Å²) in [5.41, 5.74) is 6.83. The van der Waals surface area contributed by atoms with E-state index in [4.69, 9.17) is 5.73 Å². The minimum absolute atomic E-state index is 0.356. The zero-order valence-corrected chi connectivity index (χ0v) is 14.4. The highest BCUT2D eigenvalue weighted by Crippen LogP contribution is 2.50. The van der Waals surface area contributed by atoms with Crippen molar-refractivity contribution in [1.82, 2.24) is 10.2 Å². The maximum absolute atomic E-state index is 12.4. The van der Waals surface area contributed by atoms with E-state index in [0.717, 1.165) is 18.4 Å². The number of nitrogens with zero attached hydrogens (tertiary/aromatic N) is 1. The van der Waals surface area contributed by atoms with E-state index >= 15 is 0 Å². The predicted octanol–water partition coefficient (Wildman–Crippen LogP) is 0.222. The lowest BCUT2D eigenvalue weighted by Crippen LogP contribution is -2.71. The Hall–Kier alpha value is -1.80. The number of carbonyl (C=O) groups excluding carboxylic acids is 2. The van der Waals surface area contributed by atoms with Gasteiger partial charge in [0.25, 0.3) is 0 Å². The van der Waals surface area contributed by atoms with Crippen LogP contribution < -0.4 is 11.1 Å². The number of rotatable bonds is 4. The Morgan fingerprint density at radius 2 is 2.21 bits per heavy atom. The molecule has 0 saturated carbocycles. The molecular formula is C16H21N3O4S. The summed E-state index contributed by atoms with van der Waals surface area (Å²) in [7, 11) is 0. The van der Waals surface area contributed by atoms with E-state index in [-0.39, 0.29) is 11.3 Å². The Balaban J connectivity index is 1.69. The highest BCUT2D eigenvalue weighted by molar-refractivity contribution is 8.01. The number of nitrogens with one attached hydrogen (secondary N) is 1. The Labute approximate surface area is 144 Å². The van der Waals surface area contributed by atoms with Crippen LogP contribution in [0.15, 0.2) is 23.8 Å². The first-order valence-corrected chi connectivity index (χ1v) is 8.76. The first-order chi connectivity index (χ1) is 11.2. The van der Waals surface area contributed by atoms with Crippen molar-refractivity contribution in [2.45, 2.75) is 54.9 Å². The second-order valence-electron chi connectivity index (χ2n) is 6.77. The second-order valence-corrected chi connectivity index (χ2v) is 8.54. The molecule has 0 bridgehead atoms. The van der Waals surface area contributed by atoms with E-state index in [2.05, 4.69) is 5.32 Å². The van der Waals surface area contributed by atoms with Crippen LogP contribution in [-0.4, -0.2) is 56.0 Å². The van der Waals surface area contributed by atoms with Gasteiger partial charge in [0.05, 0.1) is 0 Å². The summed E-state index contributed by atoms with van der Waals surface area (Å²) in [6.45, 7) is 3.59. The molecule has 2 aliphatic heterocycles. The van der Waals surface area contributed by atoms with E-state index in [1.807, 2.05) is 18.2 Å². The molecule has 0 aromatic heterocycles. The van der Waals surface area contributed by atoms with Gasteiger partial charge in [-0.15, -0.1) is 11.8 Å². The van der Waals surface area contributed by atoms with Gasteiger partial charge in [0.15, 0.2) is 0 Å². The van der Waals surface area contributed by atoms with Crippen LogP contribution in [0.2, 0.25) is 0 Å². The molecule has 4 atom stereocenters. The van der Waals surface area contributed by atoms with Crippen LogP contribution in [0, 0.1) is 0 Å². The highest BCUT2D eigenvalue weighted by Gasteiger charge is 2.64. The van der Waals surface area contributed by atoms with Gasteiger partial charge < -0.3 is 21.1 Å². The van der Waals surface area contributed by atoms with E-state index in [1.165, 1.54) is 16.7 Å². The number of carboxylic acids is 1. The van der Waals surface area contributed by atoms with Crippen molar-refractivity contribution in [1.29, 1.82) is 0 Å². The number of amides is 2. The summed E-state index contributed by atoms with van der Waals surface area (Å²) >= 11 is 1.40. The summed E-state index contributed by atoms with van der Waals surface area (Å²) in [4.78, 5) is 37.5. The average Bonchev–Trinajstić information content (AvgIpc) is 2.80. The minimum atomic E-state index is -1.02. The van der Waals surface area contributed by atoms with Crippen LogP contribution in [0.4, 0.5) is 0 Å². The fraction of sp³-hybridized carbons (Fsp3) is 0.562. The van der Waals surface area contributed by atoms with Gasteiger partial charge in [-0.2, -0.15) is 0 Å². The number of carbonyl (C=O) groups is 3. The number of nitrogens with two attached hydrogens (primary N) is 1. The van der Waals surface area contributed by atoms with Gasteiger partial charge in [-0.05, 0) is 32.3 Å². The van der Waals surface area contributed by atoms with Crippen molar-refractivity contribution in [3.8, 4) is 0 Å². The molecule has 4 unspecified atom stereocenters. The van der Waals surface area contributed by atoms with Crippen molar-refractivity contribution >= 4 is 29.5 Å². The SMILES string of the molecule is CC1(C)SC2C(NC(=O)C(N)C3=CC=CCC3)C(=O)N2C1C(=O)O. The Morgan fingerprint density at radius 3 is 2.79 bits per heavy atom. The normalized spacial score (nSPS) is 31.8. The molecule has 3 aliphatic rings. The van der Waals surface area contributed by atoms with E-state index in [1.54, 1.807) is 13.8 Å². The first-order valence-electron chi connectivity index (χ1n) is 7.88. The van der Waals surface area contributed by atoms with Crippen molar-refractivity contribution in [3.63, 3.8) is 0 Å². The zero-order valence-electron chi connectivity index (χ0n) is 13.6. The molecule has 24 heavy (non-hydrogen) atoms. The standard InChI is InChI=1S/C16H21N3O4S/c1-16(2)11(15(22)23)19-13(21)10(14(19)24-16)18-12(20)9(17)8-6-4-3-5-7-8/h3-4,6,9-11,14H,5,7,17H2,1-2H3,(H,18,20)(H,22,23). The molecule has 0 aromatic rings. The van der Waals surface area contributed by atoms with Crippen LogP contribution in [0.1, 0.15) is 26.7 Å². The third-order valence-electron chi connectivity index (χ3n) is 4.70. The molecule has 8 heteroatoms. The molecule has 2 amide bonds. The van der Waals surface area contributed by atoms with Gasteiger partial charge in [0, 0.05) is 4.75 Å². The monoisotopic (exact) mass is 351 g/mol. The number of hydrogen-bond donors (Lipinski definition) is 3. The van der Waals surface area contributed by atoms with Gasteiger partial charge in [-0.25, -0.2) is 4.79 Å². The smallest absolute Gasteiger partial charge is 0.327 e. The van der Waals surface area contributed by atoms with Gasteiger partial charge in [0.1, 0.15) is 23.5 Å². The lowest BCUT2D eigenvalue weighted by atomic mass is 9.95. The Bertz CT molecular complexity index is 658. The van der Waals surface area contributed by atoms with Gasteiger partial charge >= 0.3 is 5.97 Å². The molecule has 2 saturated heterocycles. The van der Waals surface area contributed by atoms with Crippen molar-refractivity contribution < 1.29 is 19.5 Å². The maximum Gasteiger partial charge on any atom is 0.327 e. The van der Waals surface area contributed by atoms with Crippen molar-refractivity contribution in [3.05, 3.63) is 23.8 Å². The molecule has 130 valence electrons. The van der Waals surface area contributed by atoms with Gasteiger partial charge in [0.2, 0.25) is 11.8 Å². The average molecular weight is 351 g/mol. The lowest BCUT2D eigenvalue weighted by Gasteiger charge is -2.43. The molecule has 2 heterocycles. The summed E-state index contributed by atoms with van der Waals surface area (Å²) in [5.74, 6) is -1.78. The van der Waals surface area contributed by atoms with Gasteiger partial charge in [-0.3, -0.25) is 9.59 Å². The molecular weight excluding hydrogens is 330 g/mol. The van der Waals surface area contributed by atoms with E-state index < -0.39 is 34.7 Å². The number of thioether (sulfide) groups is 1. The van der Waals surface area contributed by atoms with Crippen molar-refractivity contribution in [2.24, 2.45) is 5.73 Å². The summed E-state index contributed by atoms with van der Waals surface area (Å²) in [5, 5.41) is 11.7. The number of aliphatic carboxylic acids is 1. The number of allylic oxidation sites excluding steroid dienone is 3. The topological polar surface area (TPSA) is 113 Å². The predicted molar refractivity (Wildman–Crippen MR) is 90.1 cm³/mol. The molecule has 4 N–H and O–H groups in total. The second kappa shape index (κ2) is 5.93. The lowest BCUT2D eigenvalue weighted by molar-refractivity contribution is -0.161. The first kappa shape index (κ1) is 17.0. The molecule has 2 fully saturated rings. The maximum atomic E-state index is 12.4. The molecule has 0 radical (unpaired) electrons. The zero-order chi connectivity index (χ0) is 17.6. The quantitative estimate of drug-likeness (QED) is 0.625. The summed E-state index contributed by atoms with van der Waals surface area (Å²) in [6.07, 6.45) is 7.27. The number of β-lactam (4-membered cyclic amide) rings is 1. The molecule has 7 nitrogen and oxygen atoms in total. The molecule has 0 spiro atoms. The van der Waals surface area contributed by atoms with Crippen LogP contribution in [0.3, 0.4) is 0 Å². The highest BCUT2D eigenvalue weighted by atomic mass is 32.2. The number of carboxylic acid groups (broad SMARTS) is 1. The van der Waals surface area contributed by atoms with Crippen LogP contribution in [0.25, 0.3) is 0 Å². The van der Waals surface area contributed by atoms with Crippen LogP contribution in [-0.2, 0) is 14.4 Å². The van der Waals surface area contributed by atoms with Crippen LogP contribution >= 0.6 is 11.8 Å². The number of hydrogen-bond acceptors (Lipinski definition) is 5. The molecule has 0 aromatic carbocycles. The fourth-order valence-corrected chi connectivity index (χ4v) is 5.06. The van der Waals surface area contributed by atoms with Gasteiger partial charge in [-0.1, -0.05) is 18.2 Å². The number of fused-ring (bicyclic) bond motifs is 1. The van der Waals surface area contributed by atoms with E-state index in [0.29, 0.717) is 0 Å². The van der Waals surface area contributed by atoms with Crippen molar-refractivity contribution in [2.75, 3.05) is 0 Å². The Morgan fingerprint density at radius 1 is 1.50 bits per heavy atom. The van der Waals surface area contributed by atoms with E-state index in [9.17, 15) is 19.5 Å². The molecule has 1 aliphatic carbocycles. The largest absolute Gasteiger partial charge is 0.480 e. The third kappa shape index (κ3) is 2.63.